The monoisotopic (exact) mass is 376 g/mol. The number of anilines is 1. The van der Waals surface area contributed by atoms with Gasteiger partial charge in [-0.2, -0.15) is 0 Å². The number of hydrogen-bond donors (Lipinski definition) is 1. The van der Waals surface area contributed by atoms with Crippen molar-refractivity contribution < 1.29 is 18.4 Å². The summed E-state index contributed by atoms with van der Waals surface area (Å²) in [5.74, 6) is 0. The number of sulfonamides is 1. The number of nitro groups is 1. The molecular formula is C18H20N2O5S. The van der Waals surface area contributed by atoms with Crippen LogP contribution in [0.15, 0.2) is 41.3 Å². The predicted molar refractivity (Wildman–Crippen MR) is 97.7 cm³/mol. The van der Waals surface area contributed by atoms with Gasteiger partial charge in [-0.1, -0.05) is 18.2 Å². The Kier molecular flexibility index (Phi) is 4.72. The zero-order chi connectivity index (χ0) is 19.1. The summed E-state index contributed by atoms with van der Waals surface area (Å²) in [7, 11) is -4.01. The molecule has 26 heavy (non-hydrogen) atoms. The number of benzene rings is 2. The van der Waals surface area contributed by atoms with Crippen molar-refractivity contribution in [1.29, 1.82) is 0 Å². The number of nitro benzene ring substituents is 1. The lowest BCUT2D eigenvalue weighted by atomic mass is 10.1. The molecular weight excluding hydrogens is 356 g/mol. The molecule has 2 aromatic rings. The van der Waals surface area contributed by atoms with Crippen molar-refractivity contribution in [2.45, 2.75) is 37.7 Å². The molecule has 1 N–H and O–H groups in total. The van der Waals surface area contributed by atoms with Crippen molar-refractivity contribution in [3.63, 3.8) is 0 Å². The third kappa shape index (κ3) is 3.06. The molecule has 0 unspecified atom stereocenters. The minimum atomic E-state index is -4.01. The molecule has 0 aliphatic carbocycles. The fourth-order valence-electron chi connectivity index (χ4n) is 3.25. The summed E-state index contributed by atoms with van der Waals surface area (Å²) in [6.45, 7) is 3.50. The van der Waals surface area contributed by atoms with Gasteiger partial charge in [0.25, 0.3) is 15.7 Å². The second kappa shape index (κ2) is 6.69. The first kappa shape index (κ1) is 18.3. The summed E-state index contributed by atoms with van der Waals surface area (Å²) in [6.07, 6.45) is 0.206. The number of aliphatic hydroxyl groups is 1. The number of para-hydroxylation sites is 1. The van der Waals surface area contributed by atoms with E-state index in [1.807, 2.05) is 0 Å². The van der Waals surface area contributed by atoms with E-state index in [0.717, 1.165) is 6.07 Å². The van der Waals surface area contributed by atoms with Crippen LogP contribution in [0.3, 0.4) is 0 Å². The third-order valence-electron chi connectivity index (χ3n) is 4.79. The van der Waals surface area contributed by atoms with Crippen LogP contribution in [0, 0.1) is 24.0 Å². The fraction of sp³-hybridized carbons (Fsp3) is 0.333. The van der Waals surface area contributed by atoms with Crippen LogP contribution in [0.2, 0.25) is 0 Å². The van der Waals surface area contributed by atoms with Gasteiger partial charge in [-0.15, -0.1) is 0 Å². The highest BCUT2D eigenvalue weighted by molar-refractivity contribution is 7.92. The van der Waals surface area contributed by atoms with E-state index in [9.17, 15) is 23.6 Å². The Morgan fingerprint density at radius 1 is 1.23 bits per heavy atom. The average molecular weight is 376 g/mol. The van der Waals surface area contributed by atoms with Gasteiger partial charge in [-0.05, 0) is 43.9 Å². The molecule has 0 spiro atoms. The van der Waals surface area contributed by atoms with E-state index in [-0.39, 0.29) is 17.1 Å². The van der Waals surface area contributed by atoms with Gasteiger partial charge in [-0.25, -0.2) is 8.42 Å². The minimum Gasteiger partial charge on any atom is -0.388 e. The Labute approximate surface area is 152 Å². The second-order valence-corrected chi connectivity index (χ2v) is 8.27. The van der Waals surface area contributed by atoms with E-state index >= 15 is 0 Å². The van der Waals surface area contributed by atoms with Gasteiger partial charge in [0.2, 0.25) is 0 Å². The van der Waals surface area contributed by atoms with Crippen LogP contribution < -0.4 is 4.31 Å². The zero-order valence-corrected chi connectivity index (χ0v) is 15.4. The van der Waals surface area contributed by atoms with Crippen molar-refractivity contribution in [3.05, 3.63) is 63.2 Å². The first-order valence-corrected chi connectivity index (χ1v) is 9.73. The van der Waals surface area contributed by atoms with E-state index < -0.39 is 21.1 Å². The molecule has 1 atom stereocenters. The van der Waals surface area contributed by atoms with Gasteiger partial charge in [0.05, 0.1) is 21.6 Å². The third-order valence-corrected chi connectivity index (χ3v) is 6.73. The summed E-state index contributed by atoms with van der Waals surface area (Å²) < 4.78 is 28.0. The van der Waals surface area contributed by atoms with Gasteiger partial charge in [-0.3, -0.25) is 14.4 Å². The molecule has 1 heterocycles. The van der Waals surface area contributed by atoms with Gasteiger partial charge in [0.1, 0.15) is 0 Å². The van der Waals surface area contributed by atoms with E-state index in [0.29, 0.717) is 35.2 Å². The van der Waals surface area contributed by atoms with Crippen molar-refractivity contribution >= 4 is 21.4 Å². The number of aryl methyl sites for hydroxylation is 1. The van der Waals surface area contributed by atoms with Crippen molar-refractivity contribution in [2.75, 3.05) is 10.8 Å². The van der Waals surface area contributed by atoms with Crippen LogP contribution in [-0.4, -0.2) is 25.0 Å². The van der Waals surface area contributed by atoms with Crippen LogP contribution in [0.25, 0.3) is 0 Å². The lowest BCUT2D eigenvalue weighted by Gasteiger charge is -2.26. The number of rotatable bonds is 3. The molecule has 0 radical (unpaired) electrons. The highest BCUT2D eigenvalue weighted by Gasteiger charge is 2.32. The Bertz CT molecular complexity index is 972. The van der Waals surface area contributed by atoms with E-state index in [2.05, 4.69) is 0 Å². The van der Waals surface area contributed by atoms with Crippen LogP contribution in [0.4, 0.5) is 11.4 Å². The topological polar surface area (TPSA) is 101 Å². The minimum absolute atomic E-state index is 0.0737. The molecule has 0 fully saturated rings. The quantitative estimate of drug-likeness (QED) is 0.655. The molecule has 3 rings (SSSR count). The van der Waals surface area contributed by atoms with Crippen molar-refractivity contribution in [2.24, 2.45) is 0 Å². The summed E-state index contributed by atoms with van der Waals surface area (Å²) in [6, 6.07) is 9.31. The van der Waals surface area contributed by atoms with Crippen LogP contribution in [0.5, 0.6) is 0 Å². The summed E-state index contributed by atoms with van der Waals surface area (Å²) >= 11 is 0. The lowest BCUT2D eigenvalue weighted by Crippen LogP contribution is -2.32. The number of aliphatic hydroxyl groups excluding tert-OH is 1. The average Bonchev–Trinajstić information content (AvgIpc) is 2.76. The Morgan fingerprint density at radius 3 is 2.62 bits per heavy atom. The van der Waals surface area contributed by atoms with Gasteiger partial charge < -0.3 is 5.11 Å². The predicted octanol–water partition coefficient (Wildman–Crippen LogP) is 3.23. The van der Waals surface area contributed by atoms with Crippen LogP contribution in [0.1, 0.15) is 35.6 Å². The van der Waals surface area contributed by atoms with Crippen LogP contribution >= 0.6 is 0 Å². The molecule has 1 aliphatic rings. The summed E-state index contributed by atoms with van der Waals surface area (Å²) in [5, 5.41) is 21.5. The highest BCUT2D eigenvalue weighted by atomic mass is 32.2. The van der Waals surface area contributed by atoms with E-state index in [1.165, 1.54) is 10.4 Å². The second-order valence-electron chi connectivity index (χ2n) is 6.44. The maximum atomic E-state index is 13.4. The number of hydrogen-bond acceptors (Lipinski definition) is 5. The molecule has 0 saturated carbocycles. The van der Waals surface area contributed by atoms with E-state index in [1.54, 1.807) is 38.1 Å². The SMILES string of the molecule is Cc1cc([N+](=O)[O-])cc(S(=O)(=O)N2CCC[C@H](O)c3ccccc32)c1C. The summed E-state index contributed by atoms with van der Waals surface area (Å²) in [4.78, 5) is 10.5. The Balaban J connectivity index is 2.21. The molecule has 0 bridgehead atoms. The maximum absolute atomic E-state index is 13.4. The molecule has 1 aliphatic heterocycles. The smallest absolute Gasteiger partial charge is 0.271 e. The zero-order valence-electron chi connectivity index (χ0n) is 14.5. The molecule has 138 valence electrons. The first-order valence-electron chi connectivity index (χ1n) is 8.29. The molecule has 2 aromatic carbocycles. The molecule has 8 heteroatoms. The highest BCUT2D eigenvalue weighted by Crippen LogP contribution is 2.37. The number of non-ortho nitro benzene ring substituents is 1. The lowest BCUT2D eigenvalue weighted by molar-refractivity contribution is -0.385. The Hall–Kier alpha value is -2.45. The first-order chi connectivity index (χ1) is 12.2. The normalized spacial score (nSPS) is 17.5. The van der Waals surface area contributed by atoms with Crippen molar-refractivity contribution in [1.82, 2.24) is 0 Å². The Morgan fingerprint density at radius 2 is 1.92 bits per heavy atom. The summed E-state index contributed by atoms with van der Waals surface area (Å²) in [5.41, 5.74) is 1.74. The molecule has 0 amide bonds. The van der Waals surface area contributed by atoms with Crippen LogP contribution in [-0.2, 0) is 10.0 Å². The molecule has 0 aromatic heterocycles. The molecule has 0 saturated heterocycles. The fourth-order valence-corrected chi connectivity index (χ4v) is 5.10. The van der Waals surface area contributed by atoms with Gasteiger partial charge in [0, 0.05) is 24.2 Å². The van der Waals surface area contributed by atoms with Gasteiger partial charge in [0.15, 0.2) is 0 Å². The van der Waals surface area contributed by atoms with Crippen molar-refractivity contribution in [3.8, 4) is 0 Å². The molecule has 7 nitrogen and oxygen atoms in total. The maximum Gasteiger partial charge on any atom is 0.271 e. The number of fused-ring (bicyclic) bond motifs is 1. The van der Waals surface area contributed by atoms with E-state index in [4.69, 9.17) is 0 Å². The van der Waals surface area contributed by atoms with Gasteiger partial charge >= 0.3 is 0 Å². The number of nitrogens with zero attached hydrogens (tertiary/aromatic N) is 2. The largest absolute Gasteiger partial charge is 0.388 e. The standard InChI is InChI=1S/C18H20N2O5S/c1-12-10-14(20(22)23)11-18(13(12)2)26(24,25)19-9-5-8-17(21)15-6-3-4-7-16(15)19/h3-4,6-7,10-11,17,21H,5,8-9H2,1-2H3/t17-/m0/s1.